The zero-order valence-corrected chi connectivity index (χ0v) is 20.2. The molecule has 31 heavy (non-hydrogen) atoms. The van der Waals surface area contributed by atoms with E-state index in [0.29, 0.717) is 23.2 Å². The van der Waals surface area contributed by atoms with Gasteiger partial charge < -0.3 is 10.2 Å². The molecule has 156 valence electrons. The van der Waals surface area contributed by atoms with Gasteiger partial charge in [0, 0.05) is 24.7 Å². The molecule has 0 atom stereocenters. The number of nitrogens with one attached hydrogen (secondary N) is 1. The number of hydrogen-bond donors (Lipinski definition) is 1. The van der Waals surface area contributed by atoms with Crippen LogP contribution in [0.1, 0.15) is 16.7 Å². The average Bonchev–Trinajstić information content (AvgIpc) is 2.78. The maximum Gasteiger partial charge on any atom is 0.129 e. The van der Waals surface area contributed by atoms with E-state index in [1.165, 1.54) is 3.57 Å². The van der Waals surface area contributed by atoms with Crippen molar-refractivity contribution in [3.63, 3.8) is 0 Å². The van der Waals surface area contributed by atoms with Crippen LogP contribution in [0.4, 0.5) is 0 Å². The first-order valence-corrected chi connectivity index (χ1v) is 11.5. The largest absolute Gasteiger partial charge is 0.488 e. The van der Waals surface area contributed by atoms with Crippen LogP contribution in [0.2, 0.25) is 10.0 Å². The van der Waals surface area contributed by atoms with Gasteiger partial charge in [0.15, 0.2) is 0 Å². The van der Waals surface area contributed by atoms with Gasteiger partial charge in [0.25, 0.3) is 0 Å². The van der Waals surface area contributed by atoms with E-state index < -0.39 is 0 Å². The number of hydrazone groups is 1. The van der Waals surface area contributed by atoms with Crippen molar-refractivity contribution in [2.45, 2.75) is 13.2 Å². The van der Waals surface area contributed by atoms with Crippen LogP contribution in [0, 0.1) is 3.57 Å². The van der Waals surface area contributed by atoms with Crippen LogP contribution in [0.25, 0.3) is 10.8 Å². The van der Waals surface area contributed by atoms with Gasteiger partial charge in [-0.3, -0.25) is 0 Å². The van der Waals surface area contributed by atoms with Crippen molar-refractivity contribution in [1.82, 2.24) is 5.43 Å². The van der Waals surface area contributed by atoms with Gasteiger partial charge in [0.05, 0.1) is 12.8 Å². The number of rotatable bonds is 7. The summed E-state index contributed by atoms with van der Waals surface area (Å²) in [6.07, 6.45) is 1.79. The summed E-state index contributed by atoms with van der Waals surface area (Å²) in [5.74, 6) is 0.776. The van der Waals surface area contributed by atoms with Crippen LogP contribution in [-0.4, -0.2) is 6.21 Å². The van der Waals surface area contributed by atoms with E-state index in [0.717, 1.165) is 33.2 Å². The molecule has 6 heteroatoms. The molecule has 4 aromatic carbocycles. The fraction of sp³-hybridized carbons (Fsp3) is 0.0800. The summed E-state index contributed by atoms with van der Waals surface area (Å²) in [4.78, 5) is 0. The lowest BCUT2D eigenvalue weighted by atomic mass is 10.0. The molecular weight excluding hydrogens is 542 g/mol. The van der Waals surface area contributed by atoms with E-state index in [4.69, 9.17) is 27.9 Å². The summed E-state index contributed by atoms with van der Waals surface area (Å²) in [5.41, 5.74) is 5.90. The van der Waals surface area contributed by atoms with Gasteiger partial charge in [-0.25, -0.2) is 0 Å². The Morgan fingerprint density at radius 3 is 2.39 bits per heavy atom. The Labute approximate surface area is 205 Å². The second-order valence-corrected chi connectivity index (χ2v) is 8.97. The maximum absolute atomic E-state index is 6.24. The third-order valence-corrected chi connectivity index (χ3v) is 6.27. The number of ether oxygens (including phenoxy) is 1. The molecule has 0 saturated heterocycles. The summed E-state index contributed by atoms with van der Waals surface area (Å²) in [5, 5.41) is 7.85. The average molecular weight is 561 g/mol. The Morgan fingerprint density at radius 2 is 1.61 bits per heavy atom. The second kappa shape index (κ2) is 10.4. The highest BCUT2D eigenvalue weighted by atomic mass is 127. The SMILES string of the molecule is Clc1cccc(Cl)c1CN/N=C/c1c(OCc2ccc(I)cc2)ccc2ccccc12. The number of hydrogen-bond acceptors (Lipinski definition) is 3. The molecule has 0 unspecified atom stereocenters. The van der Waals surface area contributed by atoms with Crippen LogP contribution in [0.15, 0.2) is 84.0 Å². The van der Waals surface area contributed by atoms with Crippen LogP contribution >= 0.6 is 45.8 Å². The predicted molar refractivity (Wildman–Crippen MR) is 138 cm³/mol. The number of fused-ring (bicyclic) bond motifs is 1. The zero-order valence-electron chi connectivity index (χ0n) is 16.5. The quantitative estimate of drug-likeness (QED) is 0.145. The van der Waals surface area contributed by atoms with E-state index in [9.17, 15) is 0 Å². The Morgan fingerprint density at radius 1 is 0.871 bits per heavy atom. The van der Waals surface area contributed by atoms with Crippen molar-refractivity contribution in [3.05, 3.63) is 109 Å². The summed E-state index contributed by atoms with van der Waals surface area (Å²) < 4.78 is 7.36. The molecule has 0 bridgehead atoms. The minimum Gasteiger partial charge on any atom is -0.488 e. The summed E-state index contributed by atoms with van der Waals surface area (Å²) in [6, 6.07) is 26.0. The van der Waals surface area contributed by atoms with Crippen LogP contribution in [0.5, 0.6) is 5.75 Å². The Hall–Kier alpha value is -2.28. The van der Waals surface area contributed by atoms with Crippen molar-refractivity contribution in [3.8, 4) is 5.75 Å². The Kier molecular flexibility index (Phi) is 7.33. The van der Waals surface area contributed by atoms with Crippen molar-refractivity contribution < 1.29 is 4.74 Å². The number of halogens is 3. The van der Waals surface area contributed by atoms with E-state index in [1.807, 2.05) is 36.4 Å². The van der Waals surface area contributed by atoms with Crippen LogP contribution in [-0.2, 0) is 13.2 Å². The fourth-order valence-electron chi connectivity index (χ4n) is 3.21. The summed E-state index contributed by atoms with van der Waals surface area (Å²) >= 11 is 14.8. The van der Waals surface area contributed by atoms with Crippen LogP contribution < -0.4 is 10.2 Å². The van der Waals surface area contributed by atoms with Gasteiger partial charge in [-0.05, 0) is 69.3 Å². The predicted octanol–water partition coefficient (Wildman–Crippen LogP) is 7.45. The van der Waals surface area contributed by atoms with Gasteiger partial charge in [-0.2, -0.15) is 5.10 Å². The van der Waals surface area contributed by atoms with Gasteiger partial charge in [0.2, 0.25) is 0 Å². The first-order chi connectivity index (χ1) is 15.1. The lowest BCUT2D eigenvalue weighted by molar-refractivity contribution is 0.306. The highest BCUT2D eigenvalue weighted by molar-refractivity contribution is 14.1. The van der Waals surface area contributed by atoms with Crippen LogP contribution in [0.3, 0.4) is 0 Å². The molecule has 4 aromatic rings. The summed E-state index contributed by atoms with van der Waals surface area (Å²) in [6.45, 7) is 0.914. The molecule has 0 fully saturated rings. The minimum atomic E-state index is 0.429. The van der Waals surface area contributed by atoms with Crippen molar-refractivity contribution in [2.75, 3.05) is 0 Å². The summed E-state index contributed by atoms with van der Waals surface area (Å²) in [7, 11) is 0. The van der Waals surface area contributed by atoms with Gasteiger partial charge >= 0.3 is 0 Å². The molecular formula is C25H19Cl2IN2O. The molecule has 4 rings (SSSR count). The van der Waals surface area contributed by atoms with E-state index in [1.54, 1.807) is 6.21 Å². The van der Waals surface area contributed by atoms with Gasteiger partial charge in [-0.15, -0.1) is 0 Å². The third-order valence-electron chi connectivity index (χ3n) is 4.84. The monoisotopic (exact) mass is 560 g/mol. The van der Waals surface area contributed by atoms with Crippen molar-refractivity contribution in [2.24, 2.45) is 5.10 Å². The standard InChI is InChI=1S/C25H19Cl2IN2O/c26-23-6-3-7-24(27)22(23)15-30-29-14-21-20-5-2-1-4-18(20)10-13-25(21)31-16-17-8-11-19(28)12-9-17/h1-14,30H,15-16H2/b29-14+. The fourth-order valence-corrected chi connectivity index (χ4v) is 4.10. The second-order valence-electron chi connectivity index (χ2n) is 6.91. The maximum atomic E-state index is 6.24. The lowest BCUT2D eigenvalue weighted by Gasteiger charge is -2.12. The Bertz CT molecular complexity index is 1210. The molecule has 0 aliphatic carbocycles. The Balaban J connectivity index is 1.56. The number of nitrogens with zero attached hydrogens (tertiary/aromatic N) is 1. The molecule has 1 N–H and O–H groups in total. The molecule has 0 aliphatic heterocycles. The van der Waals surface area contributed by atoms with E-state index >= 15 is 0 Å². The van der Waals surface area contributed by atoms with E-state index in [-0.39, 0.29) is 0 Å². The number of benzene rings is 4. The van der Waals surface area contributed by atoms with E-state index in [2.05, 4.69) is 75.6 Å². The van der Waals surface area contributed by atoms with Gasteiger partial charge in [0.1, 0.15) is 12.4 Å². The molecule has 0 amide bonds. The topological polar surface area (TPSA) is 33.6 Å². The smallest absolute Gasteiger partial charge is 0.129 e. The molecule has 0 aliphatic rings. The molecule has 3 nitrogen and oxygen atoms in total. The highest BCUT2D eigenvalue weighted by Crippen LogP contribution is 2.28. The highest BCUT2D eigenvalue weighted by Gasteiger charge is 2.08. The normalized spacial score (nSPS) is 11.2. The minimum absolute atomic E-state index is 0.429. The van der Waals surface area contributed by atoms with Crippen molar-refractivity contribution in [1.29, 1.82) is 0 Å². The molecule has 0 heterocycles. The molecule has 0 spiro atoms. The first kappa shape index (κ1) is 21.9. The van der Waals surface area contributed by atoms with Crippen molar-refractivity contribution >= 4 is 62.8 Å². The zero-order chi connectivity index (χ0) is 21.6. The molecule has 0 aromatic heterocycles. The molecule has 0 radical (unpaired) electrons. The van der Waals surface area contributed by atoms with Gasteiger partial charge in [-0.1, -0.05) is 71.7 Å². The first-order valence-electron chi connectivity index (χ1n) is 9.69. The third kappa shape index (κ3) is 5.50. The molecule has 0 saturated carbocycles. The lowest BCUT2D eigenvalue weighted by Crippen LogP contribution is -2.07.